The topological polar surface area (TPSA) is 92.1 Å². The Hall–Kier alpha value is -1.57. The van der Waals surface area contributed by atoms with Gasteiger partial charge in [0.15, 0.2) is 0 Å². The van der Waals surface area contributed by atoms with E-state index in [9.17, 15) is 8.42 Å². The molecule has 0 aliphatic carbocycles. The Bertz CT molecular complexity index is 759. The number of anilines is 1. The van der Waals surface area contributed by atoms with E-state index in [1.807, 2.05) is 12.1 Å². The molecule has 1 aliphatic heterocycles. The Kier molecular flexibility index (Phi) is 3.64. The largest absolute Gasteiger partial charge is 0.383 e. The number of nitrogens with two attached hydrogens (primary N) is 1. The van der Waals surface area contributed by atoms with Gasteiger partial charge in [-0.25, -0.2) is 8.42 Å². The van der Waals surface area contributed by atoms with E-state index in [4.69, 9.17) is 17.3 Å². The maximum atomic E-state index is 12.7. The van der Waals surface area contributed by atoms with Crippen LogP contribution in [0.25, 0.3) is 0 Å². The first kappa shape index (κ1) is 14.4. The third kappa shape index (κ3) is 2.52. The Balaban J connectivity index is 2.00. The first-order valence-corrected chi connectivity index (χ1v) is 8.38. The molecule has 1 aliphatic rings. The monoisotopic (exact) mass is 326 g/mol. The Morgan fingerprint density at radius 3 is 2.90 bits per heavy atom. The van der Waals surface area contributed by atoms with Crippen molar-refractivity contribution in [3.8, 4) is 0 Å². The van der Waals surface area contributed by atoms with Crippen molar-refractivity contribution in [1.82, 2.24) is 14.5 Å². The van der Waals surface area contributed by atoms with Gasteiger partial charge in [0.1, 0.15) is 10.7 Å². The highest BCUT2D eigenvalue weighted by molar-refractivity contribution is 7.89. The zero-order valence-corrected chi connectivity index (χ0v) is 12.7. The van der Waals surface area contributed by atoms with E-state index in [0.29, 0.717) is 11.6 Å². The van der Waals surface area contributed by atoms with Gasteiger partial charge in [-0.15, -0.1) is 0 Å². The summed E-state index contributed by atoms with van der Waals surface area (Å²) in [6.45, 7) is 0.462. The molecule has 0 radical (unpaired) electrons. The van der Waals surface area contributed by atoms with Crippen LogP contribution in [-0.4, -0.2) is 29.5 Å². The molecule has 6 nitrogen and oxygen atoms in total. The Labute approximate surface area is 128 Å². The molecule has 0 spiro atoms. The fraction of sp³-hybridized carbons (Fsp3) is 0.308. The first-order chi connectivity index (χ1) is 10.00. The van der Waals surface area contributed by atoms with E-state index in [2.05, 4.69) is 10.2 Å². The van der Waals surface area contributed by atoms with Crippen LogP contribution in [-0.2, 0) is 10.0 Å². The molecular formula is C13H15ClN4O2S. The minimum atomic E-state index is -3.66. The molecule has 112 valence electrons. The summed E-state index contributed by atoms with van der Waals surface area (Å²) in [5.41, 5.74) is 6.55. The number of hydrogen-bond acceptors (Lipinski definition) is 4. The van der Waals surface area contributed by atoms with Crippen molar-refractivity contribution < 1.29 is 8.42 Å². The third-order valence-corrected chi connectivity index (χ3v) is 5.83. The van der Waals surface area contributed by atoms with Crippen molar-refractivity contribution in [2.45, 2.75) is 23.8 Å². The number of nitrogens with zero attached hydrogens (tertiary/aromatic N) is 2. The van der Waals surface area contributed by atoms with Crippen LogP contribution in [0.4, 0.5) is 5.82 Å². The van der Waals surface area contributed by atoms with Crippen LogP contribution < -0.4 is 5.73 Å². The van der Waals surface area contributed by atoms with Crippen molar-refractivity contribution in [3.63, 3.8) is 0 Å². The zero-order valence-electron chi connectivity index (χ0n) is 11.2. The number of halogens is 1. The molecule has 2 heterocycles. The molecule has 2 aromatic rings. The van der Waals surface area contributed by atoms with Crippen molar-refractivity contribution in [3.05, 3.63) is 41.0 Å². The lowest BCUT2D eigenvalue weighted by Crippen LogP contribution is -2.31. The molecule has 3 N–H and O–H groups in total. The summed E-state index contributed by atoms with van der Waals surface area (Å²) in [5, 5.41) is 6.75. The van der Waals surface area contributed by atoms with Crippen LogP contribution in [0.2, 0.25) is 5.02 Å². The van der Waals surface area contributed by atoms with E-state index >= 15 is 0 Å². The van der Waals surface area contributed by atoms with Gasteiger partial charge in [-0.1, -0.05) is 23.7 Å². The minimum absolute atomic E-state index is 0.0245. The predicted octanol–water partition coefficient (Wildman–Crippen LogP) is 2.17. The van der Waals surface area contributed by atoms with Gasteiger partial charge < -0.3 is 5.73 Å². The molecule has 1 unspecified atom stereocenters. The minimum Gasteiger partial charge on any atom is -0.383 e. The van der Waals surface area contributed by atoms with Gasteiger partial charge in [0.05, 0.1) is 12.2 Å². The fourth-order valence-corrected chi connectivity index (χ4v) is 4.58. The summed E-state index contributed by atoms with van der Waals surface area (Å²) in [5.74, 6) is 0.0618. The Morgan fingerprint density at radius 1 is 1.43 bits per heavy atom. The van der Waals surface area contributed by atoms with Gasteiger partial charge in [0.2, 0.25) is 10.0 Å². The summed E-state index contributed by atoms with van der Waals surface area (Å²) in [6.07, 6.45) is 2.81. The molecule has 3 rings (SSSR count). The number of hydrogen-bond donors (Lipinski definition) is 2. The molecular weight excluding hydrogens is 312 g/mol. The average Bonchev–Trinajstić information content (AvgIpc) is 3.07. The molecule has 0 bridgehead atoms. The summed E-state index contributed by atoms with van der Waals surface area (Å²) in [4.78, 5) is 0.0245. The smallest absolute Gasteiger partial charge is 0.248 e. The molecule has 1 atom stereocenters. The van der Waals surface area contributed by atoms with Crippen molar-refractivity contribution in [1.29, 1.82) is 0 Å². The highest BCUT2D eigenvalue weighted by Crippen LogP contribution is 2.37. The van der Waals surface area contributed by atoms with E-state index in [0.717, 1.165) is 18.4 Å². The SMILES string of the molecule is Nc1[nH]ncc1S(=O)(=O)N1CCCC1c1cccc(Cl)c1. The van der Waals surface area contributed by atoms with Crippen LogP contribution in [0, 0.1) is 0 Å². The number of benzene rings is 1. The van der Waals surface area contributed by atoms with Gasteiger partial charge in [-0.2, -0.15) is 9.40 Å². The van der Waals surface area contributed by atoms with Crippen LogP contribution in [0.5, 0.6) is 0 Å². The summed E-state index contributed by atoms with van der Waals surface area (Å²) in [7, 11) is -3.66. The maximum absolute atomic E-state index is 12.7. The van der Waals surface area contributed by atoms with Gasteiger partial charge in [-0.05, 0) is 30.5 Å². The maximum Gasteiger partial charge on any atom is 0.248 e. The number of nitrogen functional groups attached to an aromatic ring is 1. The second-order valence-corrected chi connectivity index (χ2v) is 7.27. The lowest BCUT2D eigenvalue weighted by atomic mass is 10.1. The standard InChI is InChI=1S/C13H15ClN4O2S/c14-10-4-1-3-9(7-10)11-5-2-6-18(11)21(19,20)12-8-16-17-13(12)15/h1,3-4,7-8,11H,2,5-6H2,(H3,15,16,17). The highest BCUT2D eigenvalue weighted by Gasteiger charge is 2.37. The van der Waals surface area contributed by atoms with Crippen LogP contribution >= 0.6 is 11.6 Å². The van der Waals surface area contributed by atoms with Crippen molar-refractivity contribution in [2.75, 3.05) is 12.3 Å². The highest BCUT2D eigenvalue weighted by atomic mass is 35.5. The van der Waals surface area contributed by atoms with Gasteiger partial charge in [0, 0.05) is 11.6 Å². The molecule has 0 saturated carbocycles. The number of nitrogens with one attached hydrogen (secondary N) is 1. The normalized spacial score (nSPS) is 20.0. The van der Waals surface area contributed by atoms with E-state index in [1.165, 1.54) is 10.5 Å². The number of sulfonamides is 1. The second-order valence-electron chi connectivity index (χ2n) is 4.98. The van der Waals surface area contributed by atoms with Crippen LogP contribution in [0.15, 0.2) is 35.4 Å². The average molecular weight is 327 g/mol. The quantitative estimate of drug-likeness (QED) is 0.904. The number of rotatable bonds is 3. The van der Waals surface area contributed by atoms with Gasteiger partial charge >= 0.3 is 0 Å². The number of aromatic nitrogens is 2. The summed E-state index contributed by atoms with van der Waals surface area (Å²) < 4.78 is 26.9. The first-order valence-electron chi connectivity index (χ1n) is 6.56. The lowest BCUT2D eigenvalue weighted by Gasteiger charge is -2.24. The number of aromatic amines is 1. The predicted molar refractivity (Wildman–Crippen MR) is 80.3 cm³/mol. The molecule has 1 fully saturated rings. The second kappa shape index (κ2) is 5.32. The van der Waals surface area contributed by atoms with Crippen LogP contribution in [0.3, 0.4) is 0 Å². The third-order valence-electron chi connectivity index (χ3n) is 3.66. The number of H-pyrrole nitrogens is 1. The van der Waals surface area contributed by atoms with Gasteiger partial charge in [-0.3, -0.25) is 5.10 Å². The lowest BCUT2D eigenvalue weighted by molar-refractivity contribution is 0.397. The van der Waals surface area contributed by atoms with Crippen molar-refractivity contribution >= 4 is 27.4 Å². The van der Waals surface area contributed by atoms with Crippen LogP contribution in [0.1, 0.15) is 24.4 Å². The molecule has 0 amide bonds. The van der Waals surface area contributed by atoms with E-state index in [1.54, 1.807) is 12.1 Å². The summed E-state index contributed by atoms with van der Waals surface area (Å²) in [6, 6.07) is 7.07. The van der Waals surface area contributed by atoms with E-state index < -0.39 is 10.0 Å². The molecule has 21 heavy (non-hydrogen) atoms. The molecule has 8 heteroatoms. The molecule has 1 saturated heterocycles. The zero-order chi connectivity index (χ0) is 15.0. The summed E-state index contributed by atoms with van der Waals surface area (Å²) >= 11 is 6.01. The fourth-order valence-electron chi connectivity index (χ4n) is 2.69. The van der Waals surface area contributed by atoms with Crippen molar-refractivity contribution in [2.24, 2.45) is 0 Å². The Morgan fingerprint density at radius 2 is 2.24 bits per heavy atom. The van der Waals surface area contributed by atoms with E-state index in [-0.39, 0.29) is 16.8 Å². The molecule has 1 aromatic carbocycles. The van der Waals surface area contributed by atoms with Gasteiger partial charge in [0.25, 0.3) is 0 Å². The molecule has 1 aromatic heterocycles.